The van der Waals surface area contributed by atoms with E-state index in [9.17, 15) is 4.79 Å². The largest absolute Gasteiger partial charge is 0.309 e. The predicted octanol–water partition coefficient (Wildman–Crippen LogP) is 4.09. The smallest absolute Gasteiger partial charge is 0.230 e. The Morgan fingerprint density at radius 3 is 2.59 bits per heavy atom. The molecule has 0 fully saturated rings. The summed E-state index contributed by atoms with van der Waals surface area (Å²) in [4.78, 5) is 12.5. The lowest BCUT2D eigenvalue weighted by atomic mass is 10.1. The van der Waals surface area contributed by atoms with Crippen molar-refractivity contribution in [3.8, 4) is 0 Å². The summed E-state index contributed by atoms with van der Waals surface area (Å²) < 4.78 is 4.69. The van der Waals surface area contributed by atoms with Gasteiger partial charge < -0.3 is 5.32 Å². The van der Waals surface area contributed by atoms with Crippen molar-refractivity contribution in [2.24, 2.45) is 5.92 Å². The van der Waals surface area contributed by atoms with Crippen molar-refractivity contribution in [1.82, 2.24) is 19.6 Å². The lowest BCUT2D eigenvalue weighted by molar-refractivity contribution is -0.119. The molecule has 2 aromatic heterocycles. The number of rotatable bonds is 6. The van der Waals surface area contributed by atoms with Crippen LogP contribution in [0.5, 0.6) is 0 Å². The fourth-order valence-electron chi connectivity index (χ4n) is 2.92. The topological polar surface area (TPSA) is 64.7 Å². The molecule has 27 heavy (non-hydrogen) atoms. The van der Waals surface area contributed by atoms with Gasteiger partial charge in [-0.2, -0.15) is 10.2 Å². The maximum absolute atomic E-state index is 12.5. The van der Waals surface area contributed by atoms with Gasteiger partial charge in [0, 0.05) is 18.0 Å². The summed E-state index contributed by atoms with van der Waals surface area (Å²) in [7, 11) is 0. The number of anilines is 1. The Kier molecular flexibility index (Phi) is 5.79. The van der Waals surface area contributed by atoms with Crippen molar-refractivity contribution in [2.45, 2.75) is 40.8 Å². The second-order valence-corrected chi connectivity index (χ2v) is 7.68. The molecule has 142 valence electrons. The van der Waals surface area contributed by atoms with Crippen LogP contribution in [0.15, 0.2) is 41.0 Å². The van der Waals surface area contributed by atoms with Crippen LogP contribution in [0.3, 0.4) is 0 Å². The van der Waals surface area contributed by atoms with E-state index in [0.29, 0.717) is 18.9 Å². The van der Waals surface area contributed by atoms with Gasteiger partial charge in [-0.15, -0.1) is 0 Å². The van der Waals surface area contributed by atoms with E-state index in [1.807, 2.05) is 54.5 Å². The molecule has 3 rings (SSSR count). The highest BCUT2D eigenvalue weighted by molar-refractivity contribution is 9.10. The van der Waals surface area contributed by atoms with E-state index >= 15 is 0 Å². The van der Waals surface area contributed by atoms with Gasteiger partial charge in [-0.25, -0.2) is 0 Å². The van der Waals surface area contributed by atoms with Crippen LogP contribution in [0.4, 0.5) is 5.82 Å². The van der Waals surface area contributed by atoms with Gasteiger partial charge in [-0.3, -0.25) is 14.2 Å². The Morgan fingerprint density at radius 2 is 1.93 bits per heavy atom. The summed E-state index contributed by atoms with van der Waals surface area (Å²) in [6, 6.07) is 10.0. The molecule has 3 aromatic rings. The van der Waals surface area contributed by atoms with Crippen LogP contribution in [0.25, 0.3) is 0 Å². The number of carbonyl (C=O) groups excluding carboxylic acids is 1. The molecule has 0 unspecified atom stereocenters. The summed E-state index contributed by atoms with van der Waals surface area (Å²) in [5.74, 6) is 0.270. The minimum absolute atomic E-state index is 0.0696. The average Bonchev–Trinajstić information content (AvgIpc) is 3.17. The number of hydrogen-bond donors (Lipinski definition) is 1. The second-order valence-electron chi connectivity index (χ2n) is 6.88. The average molecular weight is 430 g/mol. The highest BCUT2D eigenvalue weighted by Crippen LogP contribution is 2.21. The van der Waals surface area contributed by atoms with Crippen molar-refractivity contribution < 1.29 is 4.79 Å². The number of nitrogens with one attached hydrogen (secondary N) is 1. The third kappa shape index (κ3) is 4.47. The minimum Gasteiger partial charge on any atom is -0.309 e. The van der Waals surface area contributed by atoms with Gasteiger partial charge in [-0.1, -0.05) is 31.2 Å². The maximum Gasteiger partial charge on any atom is 0.230 e. The van der Waals surface area contributed by atoms with Crippen LogP contribution < -0.4 is 5.32 Å². The Bertz CT molecular complexity index is 959. The number of nitrogens with zero attached hydrogens (tertiary/aromatic N) is 4. The normalized spacial score (nSPS) is 12.2. The van der Waals surface area contributed by atoms with Gasteiger partial charge >= 0.3 is 0 Å². The summed E-state index contributed by atoms with van der Waals surface area (Å²) in [6.07, 6.45) is 1.88. The minimum atomic E-state index is -0.226. The highest BCUT2D eigenvalue weighted by Gasteiger charge is 2.18. The van der Waals surface area contributed by atoms with E-state index < -0.39 is 0 Å². The number of benzene rings is 1. The summed E-state index contributed by atoms with van der Waals surface area (Å²) >= 11 is 3.52. The van der Waals surface area contributed by atoms with Gasteiger partial charge in [-0.05, 0) is 47.8 Å². The van der Waals surface area contributed by atoms with E-state index in [1.165, 1.54) is 11.1 Å². The molecule has 2 heterocycles. The van der Waals surface area contributed by atoms with Crippen LogP contribution >= 0.6 is 15.9 Å². The zero-order valence-corrected chi connectivity index (χ0v) is 17.6. The van der Waals surface area contributed by atoms with Crippen molar-refractivity contribution in [2.75, 3.05) is 5.32 Å². The molecule has 0 saturated heterocycles. The monoisotopic (exact) mass is 429 g/mol. The quantitative estimate of drug-likeness (QED) is 0.641. The van der Waals surface area contributed by atoms with Crippen molar-refractivity contribution in [1.29, 1.82) is 0 Å². The Labute approximate surface area is 167 Å². The Morgan fingerprint density at radius 1 is 1.19 bits per heavy atom. The van der Waals surface area contributed by atoms with Gasteiger partial charge in [0.25, 0.3) is 0 Å². The molecule has 0 saturated carbocycles. The first-order valence-corrected chi connectivity index (χ1v) is 9.72. The molecule has 0 aliphatic rings. The Hall–Kier alpha value is -2.41. The van der Waals surface area contributed by atoms with E-state index in [2.05, 4.69) is 50.5 Å². The number of aromatic nitrogens is 4. The predicted molar refractivity (Wildman–Crippen MR) is 110 cm³/mol. The molecule has 0 aliphatic heterocycles. The molecule has 0 radical (unpaired) electrons. The van der Waals surface area contributed by atoms with Crippen molar-refractivity contribution >= 4 is 27.7 Å². The Balaban J connectivity index is 1.61. The lowest BCUT2D eigenvalue weighted by Gasteiger charge is -2.12. The molecule has 1 aromatic carbocycles. The maximum atomic E-state index is 12.5. The van der Waals surface area contributed by atoms with Gasteiger partial charge in [0.2, 0.25) is 5.91 Å². The highest BCUT2D eigenvalue weighted by atomic mass is 79.9. The number of hydrogen-bond acceptors (Lipinski definition) is 3. The first-order valence-electron chi connectivity index (χ1n) is 8.93. The van der Waals surface area contributed by atoms with Crippen LogP contribution in [0.2, 0.25) is 0 Å². The van der Waals surface area contributed by atoms with Crippen molar-refractivity contribution in [3.05, 3.63) is 63.5 Å². The van der Waals surface area contributed by atoms with E-state index in [4.69, 9.17) is 0 Å². The van der Waals surface area contributed by atoms with E-state index in [-0.39, 0.29) is 11.8 Å². The van der Waals surface area contributed by atoms with Gasteiger partial charge in [0.1, 0.15) is 0 Å². The molecule has 1 atom stereocenters. The third-order valence-electron chi connectivity index (χ3n) is 4.67. The fraction of sp³-hybridized carbons (Fsp3) is 0.350. The third-order valence-corrected chi connectivity index (χ3v) is 5.82. The van der Waals surface area contributed by atoms with E-state index in [0.717, 1.165) is 15.9 Å². The van der Waals surface area contributed by atoms with Gasteiger partial charge in [0.05, 0.1) is 29.2 Å². The number of aryl methyl sites for hydroxylation is 2. The first-order chi connectivity index (χ1) is 12.8. The summed E-state index contributed by atoms with van der Waals surface area (Å²) in [5.41, 5.74) is 4.38. The molecular weight excluding hydrogens is 406 g/mol. The summed E-state index contributed by atoms with van der Waals surface area (Å²) in [6.45, 7) is 9.11. The molecule has 6 nitrogen and oxygen atoms in total. The summed E-state index contributed by atoms with van der Waals surface area (Å²) in [5, 5.41) is 11.8. The van der Waals surface area contributed by atoms with Crippen LogP contribution in [0, 0.1) is 26.7 Å². The zero-order chi connectivity index (χ0) is 19.6. The molecule has 1 amide bonds. The van der Waals surface area contributed by atoms with Crippen LogP contribution in [-0.2, 0) is 17.9 Å². The molecule has 7 heteroatoms. The molecule has 0 spiro atoms. The zero-order valence-electron chi connectivity index (χ0n) is 16.0. The van der Waals surface area contributed by atoms with Crippen LogP contribution in [0.1, 0.15) is 29.4 Å². The molecule has 0 bridgehead atoms. The standard InChI is InChI=1S/C20H24BrN5O/c1-13-7-5-6-8-17(13)12-25-10-9-18(24-25)22-20(27)14(2)11-26-16(4)19(21)15(3)23-26/h5-10,14H,11-12H2,1-4H3,(H,22,24,27)/t14-/m0/s1. The molecular formula is C20H24BrN5O. The van der Waals surface area contributed by atoms with Gasteiger partial charge in [0.15, 0.2) is 5.82 Å². The first kappa shape index (κ1) is 19.4. The number of carbonyl (C=O) groups is 1. The lowest BCUT2D eigenvalue weighted by Crippen LogP contribution is -2.25. The van der Waals surface area contributed by atoms with E-state index in [1.54, 1.807) is 0 Å². The second kappa shape index (κ2) is 8.08. The van der Waals surface area contributed by atoms with Crippen LogP contribution in [-0.4, -0.2) is 25.5 Å². The fourth-order valence-corrected chi connectivity index (χ4v) is 3.21. The van der Waals surface area contributed by atoms with Crippen molar-refractivity contribution in [3.63, 3.8) is 0 Å². The SMILES string of the molecule is Cc1ccccc1Cn1ccc(NC(=O)[C@@H](C)Cn2nc(C)c(Br)c2C)n1. The number of amides is 1. The number of halogens is 1. The molecule has 0 aliphatic carbocycles. The molecule has 1 N–H and O–H groups in total.